The van der Waals surface area contributed by atoms with Crippen LogP contribution in [0.3, 0.4) is 0 Å². The quantitative estimate of drug-likeness (QED) is 0.584. The van der Waals surface area contributed by atoms with Crippen molar-refractivity contribution in [3.63, 3.8) is 0 Å². The van der Waals surface area contributed by atoms with E-state index in [2.05, 4.69) is 5.32 Å². The van der Waals surface area contributed by atoms with Crippen LogP contribution in [0.5, 0.6) is 5.75 Å². The van der Waals surface area contributed by atoms with Crippen molar-refractivity contribution in [1.29, 1.82) is 0 Å². The molecule has 2 amide bonds. The highest BCUT2D eigenvalue weighted by Crippen LogP contribution is 2.18. The fourth-order valence-electron chi connectivity index (χ4n) is 1.47. The number of nitrogens with one attached hydrogen (secondary N) is 1. The van der Waals surface area contributed by atoms with Gasteiger partial charge < -0.3 is 21.3 Å². The van der Waals surface area contributed by atoms with Gasteiger partial charge in [0.1, 0.15) is 11.8 Å². The standard InChI is InChI=1S/C12H14N2O5/c1-6-2-3-9(15)7(4-6)11(17)14-8(12(18)19)5-10(13)16/h2-4,8,15H,5H2,1H3,(H2,13,16)(H,14,17)(H,18,19)/t8-/m1/s1. The number of carbonyl (C=O) groups is 3. The predicted octanol–water partition coefficient (Wildman–Crippen LogP) is -0.241. The van der Waals surface area contributed by atoms with E-state index in [4.69, 9.17) is 10.8 Å². The minimum Gasteiger partial charge on any atom is -0.507 e. The van der Waals surface area contributed by atoms with Gasteiger partial charge >= 0.3 is 5.97 Å². The van der Waals surface area contributed by atoms with Crippen molar-refractivity contribution in [3.05, 3.63) is 29.3 Å². The number of phenols is 1. The number of carbonyl (C=O) groups excluding carboxylic acids is 2. The highest BCUT2D eigenvalue weighted by atomic mass is 16.4. The van der Waals surface area contributed by atoms with Crippen molar-refractivity contribution < 1.29 is 24.6 Å². The summed E-state index contributed by atoms with van der Waals surface area (Å²) >= 11 is 0. The Hall–Kier alpha value is -2.57. The number of carboxylic acid groups (broad SMARTS) is 1. The van der Waals surface area contributed by atoms with Crippen LogP contribution in [0.25, 0.3) is 0 Å². The molecule has 1 atom stereocenters. The SMILES string of the molecule is Cc1ccc(O)c(C(=O)N[C@H](CC(N)=O)C(=O)O)c1. The number of aromatic hydroxyl groups is 1. The largest absolute Gasteiger partial charge is 0.507 e. The maximum absolute atomic E-state index is 11.8. The van der Waals surface area contributed by atoms with Crippen molar-refractivity contribution in [3.8, 4) is 5.75 Å². The highest BCUT2D eigenvalue weighted by molar-refractivity contribution is 5.99. The van der Waals surface area contributed by atoms with Crippen LogP contribution in [0.2, 0.25) is 0 Å². The average molecular weight is 266 g/mol. The van der Waals surface area contributed by atoms with E-state index in [1.54, 1.807) is 13.0 Å². The van der Waals surface area contributed by atoms with E-state index in [1.165, 1.54) is 12.1 Å². The molecule has 7 nitrogen and oxygen atoms in total. The van der Waals surface area contributed by atoms with E-state index < -0.39 is 30.2 Å². The number of hydrogen-bond donors (Lipinski definition) is 4. The zero-order chi connectivity index (χ0) is 14.6. The van der Waals surface area contributed by atoms with Crippen LogP contribution in [0, 0.1) is 6.92 Å². The molecule has 0 heterocycles. The third kappa shape index (κ3) is 3.98. The first kappa shape index (κ1) is 14.5. The van der Waals surface area contributed by atoms with Gasteiger partial charge in [0.25, 0.3) is 5.91 Å². The third-order valence-electron chi connectivity index (χ3n) is 2.41. The number of aryl methyl sites for hydroxylation is 1. The summed E-state index contributed by atoms with van der Waals surface area (Å²) < 4.78 is 0. The maximum atomic E-state index is 11.8. The van der Waals surface area contributed by atoms with Gasteiger partial charge in [-0.2, -0.15) is 0 Å². The number of benzene rings is 1. The molecule has 0 aliphatic heterocycles. The lowest BCUT2D eigenvalue weighted by molar-refractivity contribution is -0.140. The van der Waals surface area contributed by atoms with Crippen molar-refractivity contribution in [1.82, 2.24) is 5.32 Å². The minimum absolute atomic E-state index is 0.0595. The molecule has 0 fully saturated rings. The van der Waals surface area contributed by atoms with Gasteiger partial charge in [0.15, 0.2) is 0 Å². The zero-order valence-electron chi connectivity index (χ0n) is 10.2. The molecule has 0 aliphatic rings. The molecule has 1 rings (SSSR count). The summed E-state index contributed by atoms with van der Waals surface area (Å²) in [6, 6.07) is 2.91. The van der Waals surface area contributed by atoms with E-state index in [1.807, 2.05) is 0 Å². The lowest BCUT2D eigenvalue weighted by Gasteiger charge is -2.13. The Kier molecular flexibility index (Phi) is 4.46. The van der Waals surface area contributed by atoms with E-state index >= 15 is 0 Å². The molecule has 0 aliphatic carbocycles. The van der Waals surface area contributed by atoms with Crippen molar-refractivity contribution in [2.75, 3.05) is 0 Å². The summed E-state index contributed by atoms with van der Waals surface area (Å²) in [6.45, 7) is 1.72. The molecule has 7 heteroatoms. The van der Waals surface area contributed by atoms with E-state index in [-0.39, 0.29) is 11.3 Å². The average Bonchev–Trinajstić information content (AvgIpc) is 2.30. The van der Waals surface area contributed by atoms with Gasteiger partial charge in [-0.25, -0.2) is 4.79 Å². The number of aliphatic carboxylic acids is 1. The van der Waals surface area contributed by atoms with Crippen LogP contribution >= 0.6 is 0 Å². The van der Waals surface area contributed by atoms with Gasteiger partial charge in [-0.1, -0.05) is 11.6 Å². The van der Waals surface area contributed by atoms with Crippen LogP contribution in [-0.2, 0) is 9.59 Å². The number of hydrogen-bond acceptors (Lipinski definition) is 4. The summed E-state index contributed by atoms with van der Waals surface area (Å²) in [5.41, 5.74) is 5.56. The van der Waals surface area contributed by atoms with Gasteiger partial charge in [-0.15, -0.1) is 0 Å². The van der Waals surface area contributed by atoms with Gasteiger partial charge in [0, 0.05) is 0 Å². The molecule has 5 N–H and O–H groups in total. The Labute approximate surface area is 109 Å². The predicted molar refractivity (Wildman–Crippen MR) is 65.5 cm³/mol. The molecule has 0 saturated heterocycles. The first-order valence-corrected chi connectivity index (χ1v) is 5.43. The second kappa shape index (κ2) is 5.85. The Morgan fingerprint density at radius 2 is 2.00 bits per heavy atom. The number of carboxylic acids is 1. The molecule has 0 spiro atoms. The Morgan fingerprint density at radius 3 is 2.53 bits per heavy atom. The number of primary amides is 1. The van der Waals surface area contributed by atoms with Crippen molar-refractivity contribution >= 4 is 17.8 Å². The summed E-state index contributed by atoms with van der Waals surface area (Å²) in [7, 11) is 0. The zero-order valence-corrected chi connectivity index (χ0v) is 10.2. The summed E-state index contributed by atoms with van der Waals surface area (Å²) in [4.78, 5) is 33.4. The summed E-state index contributed by atoms with van der Waals surface area (Å²) in [6.07, 6.45) is -0.520. The van der Waals surface area contributed by atoms with Gasteiger partial charge in [-0.3, -0.25) is 9.59 Å². The van der Waals surface area contributed by atoms with Crippen LogP contribution in [0.4, 0.5) is 0 Å². The smallest absolute Gasteiger partial charge is 0.326 e. The van der Waals surface area contributed by atoms with E-state index in [0.717, 1.165) is 5.56 Å². The highest BCUT2D eigenvalue weighted by Gasteiger charge is 2.23. The molecule has 0 radical (unpaired) electrons. The van der Waals surface area contributed by atoms with Gasteiger partial charge in [0.05, 0.1) is 12.0 Å². The second-order valence-electron chi connectivity index (χ2n) is 4.06. The molecule has 1 aromatic rings. The monoisotopic (exact) mass is 266 g/mol. The Morgan fingerprint density at radius 1 is 1.37 bits per heavy atom. The van der Waals surface area contributed by atoms with Crippen LogP contribution in [0.1, 0.15) is 22.3 Å². The fraction of sp³-hybridized carbons (Fsp3) is 0.250. The molecular formula is C12H14N2O5. The molecule has 0 bridgehead atoms. The summed E-state index contributed by atoms with van der Waals surface area (Å²) in [5.74, 6) is -3.28. The molecule has 1 aromatic carbocycles. The summed E-state index contributed by atoms with van der Waals surface area (Å²) in [5, 5.41) is 20.5. The molecule has 0 saturated carbocycles. The minimum atomic E-state index is -1.43. The Bertz CT molecular complexity index is 527. The molecule has 0 aromatic heterocycles. The topological polar surface area (TPSA) is 130 Å². The lowest BCUT2D eigenvalue weighted by Crippen LogP contribution is -2.43. The normalized spacial score (nSPS) is 11.6. The fourth-order valence-corrected chi connectivity index (χ4v) is 1.47. The van der Waals surface area contributed by atoms with Crippen LogP contribution in [0.15, 0.2) is 18.2 Å². The number of phenolic OH excluding ortho intramolecular Hbond substituents is 1. The number of rotatable bonds is 5. The maximum Gasteiger partial charge on any atom is 0.326 e. The van der Waals surface area contributed by atoms with Crippen LogP contribution < -0.4 is 11.1 Å². The van der Waals surface area contributed by atoms with Crippen molar-refractivity contribution in [2.45, 2.75) is 19.4 Å². The number of amides is 2. The molecular weight excluding hydrogens is 252 g/mol. The second-order valence-corrected chi connectivity index (χ2v) is 4.06. The molecule has 19 heavy (non-hydrogen) atoms. The lowest BCUT2D eigenvalue weighted by atomic mass is 10.1. The van der Waals surface area contributed by atoms with Crippen LogP contribution in [-0.4, -0.2) is 34.0 Å². The van der Waals surface area contributed by atoms with E-state index in [9.17, 15) is 19.5 Å². The Balaban J connectivity index is 2.90. The first-order chi connectivity index (χ1) is 8.81. The van der Waals surface area contributed by atoms with Gasteiger partial charge in [-0.05, 0) is 19.1 Å². The van der Waals surface area contributed by atoms with E-state index in [0.29, 0.717) is 0 Å². The molecule has 0 unspecified atom stereocenters. The third-order valence-corrected chi connectivity index (χ3v) is 2.41. The van der Waals surface area contributed by atoms with Gasteiger partial charge in [0.2, 0.25) is 5.91 Å². The first-order valence-electron chi connectivity index (χ1n) is 5.43. The number of nitrogens with two attached hydrogens (primary N) is 1. The molecule has 102 valence electrons. The van der Waals surface area contributed by atoms with Crippen molar-refractivity contribution in [2.24, 2.45) is 5.73 Å².